The molecular weight excluding hydrogens is 472 g/mol. The SMILES string of the molecule is COc1cc(C=NNC(=O)c2cccc(Br)c2)ccc1OC(=O)c1ccc(Cl)cc1. The van der Waals surface area contributed by atoms with Crippen LogP contribution in [0.15, 0.2) is 76.3 Å². The van der Waals surface area contributed by atoms with Crippen LogP contribution in [-0.2, 0) is 0 Å². The van der Waals surface area contributed by atoms with Crippen LogP contribution in [0.2, 0.25) is 5.02 Å². The highest BCUT2D eigenvalue weighted by Crippen LogP contribution is 2.28. The first kappa shape index (κ1) is 21.5. The molecule has 0 radical (unpaired) electrons. The molecule has 3 rings (SSSR count). The number of rotatable bonds is 6. The lowest BCUT2D eigenvalue weighted by molar-refractivity contribution is 0.0729. The first-order valence-corrected chi connectivity index (χ1v) is 9.88. The van der Waals surface area contributed by atoms with Crippen LogP contribution >= 0.6 is 27.5 Å². The Morgan fingerprint density at radius 1 is 1.00 bits per heavy atom. The summed E-state index contributed by atoms with van der Waals surface area (Å²) in [5, 5.41) is 4.48. The van der Waals surface area contributed by atoms with Gasteiger partial charge in [-0.25, -0.2) is 10.2 Å². The van der Waals surface area contributed by atoms with Crippen molar-refractivity contribution >= 4 is 45.6 Å². The van der Waals surface area contributed by atoms with Crippen LogP contribution in [0.1, 0.15) is 26.3 Å². The Bertz CT molecular complexity index is 1100. The fourth-order valence-corrected chi connectivity index (χ4v) is 2.98. The lowest BCUT2D eigenvalue weighted by atomic mass is 10.2. The topological polar surface area (TPSA) is 77.0 Å². The van der Waals surface area contributed by atoms with Gasteiger partial charge in [0, 0.05) is 15.1 Å². The summed E-state index contributed by atoms with van der Waals surface area (Å²) in [5.41, 5.74) is 3.94. The summed E-state index contributed by atoms with van der Waals surface area (Å²) in [6.07, 6.45) is 1.46. The molecule has 0 bridgehead atoms. The van der Waals surface area contributed by atoms with Gasteiger partial charge >= 0.3 is 5.97 Å². The second-order valence-electron chi connectivity index (χ2n) is 6.02. The average molecular weight is 488 g/mol. The second-order valence-corrected chi connectivity index (χ2v) is 7.37. The number of amides is 1. The fourth-order valence-electron chi connectivity index (χ4n) is 2.45. The standard InChI is InChI=1S/C22H16BrClN2O4/c1-29-20-11-14(13-25-26-21(27)16-3-2-4-17(23)12-16)5-10-19(20)30-22(28)15-6-8-18(24)9-7-15/h2-13H,1H3,(H,26,27). The van der Waals surface area contributed by atoms with E-state index in [1.165, 1.54) is 13.3 Å². The van der Waals surface area contributed by atoms with E-state index in [0.29, 0.717) is 27.5 Å². The third-order valence-corrected chi connectivity index (χ3v) is 4.68. The summed E-state index contributed by atoms with van der Waals surface area (Å²) in [5.74, 6) is -0.270. The Hall–Kier alpha value is -3.16. The van der Waals surface area contributed by atoms with Crippen LogP contribution < -0.4 is 14.9 Å². The fraction of sp³-hybridized carbons (Fsp3) is 0.0455. The monoisotopic (exact) mass is 486 g/mol. The minimum absolute atomic E-state index is 0.257. The number of carbonyl (C=O) groups is 2. The maximum atomic E-state index is 12.3. The number of hydrogen-bond donors (Lipinski definition) is 1. The quantitative estimate of drug-likeness (QED) is 0.227. The smallest absolute Gasteiger partial charge is 0.343 e. The van der Waals surface area contributed by atoms with E-state index in [2.05, 4.69) is 26.5 Å². The first-order chi connectivity index (χ1) is 14.5. The first-order valence-electron chi connectivity index (χ1n) is 8.71. The van der Waals surface area contributed by atoms with Crippen molar-refractivity contribution in [2.24, 2.45) is 5.10 Å². The Morgan fingerprint density at radius 3 is 2.47 bits per heavy atom. The summed E-state index contributed by atoms with van der Waals surface area (Å²) in [7, 11) is 1.46. The Morgan fingerprint density at radius 2 is 1.77 bits per heavy atom. The zero-order chi connectivity index (χ0) is 21.5. The molecule has 0 spiro atoms. The molecule has 6 nitrogen and oxygen atoms in total. The van der Waals surface area contributed by atoms with Gasteiger partial charge in [-0.05, 0) is 66.2 Å². The summed E-state index contributed by atoms with van der Waals surface area (Å²) in [6, 6.07) is 18.2. The van der Waals surface area contributed by atoms with Crippen LogP contribution in [-0.4, -0.2) is 25.2 Å². The minimum Gasteiger partial charge on any atom is -0.493 e. The molecule has 0 aliphatic carbocycles. The molecule has 152 valence electrons. The van der Waals surface area contributed by atoms with Gasteiger partial charge in [0.15, 0.2) is 11.5 Å². The maximum absolute atomic E-state index is 12.3. The van der Waals surface area contributed by atoms with Crippen molar-refractivity contribution in [2.75, 3.05) is 7.11 Å². The van der Waals surface area contributed by atoms with Gasteiger partial charge in [-0.2, -0.15) is 5.10 Å². The predicted molar refractivity (Wildman–Crippen MR) is 119 cm³/mol. The van der Waals surface area contributed by atoms with Gasteiger partial charge in [0.2, 0.25) is 0 Å². The highest BCUT2D eigenvalue weighted by atomic mass is 79.9. The van der Waals surface area contributed by atoms with Crippen LogP contribution in [0.5, 0.6) is 11.5 Å². The number of carbonyl (C=O) groups excluding carboxylic acids is 2. The van der Waals surface area contributed by atoms with Crippen molar-refractivity contribution in [3.63, 3.8) is 0 Å². The molecule has 30 heavy (non-hydrogen) atoms. The van der Waals surface area contributed by atoms with E-state index in [0.717, 1.165) is 4.47 Å². The van der Waals surface area contributed by atoms with Crippen molar-refractivity contribution in [1.82, 2.24) is 5.43 Å². The molecule has 0 saturated heterocycles. The van der Waals surface area contributed by atoms with Crippen LogP contribution in [0.25, 0.3) is 0 Å². The molecule has 0 unspecified atom stereocenters. The maximum Gasteiger partial charge on any atom is 0.343 e. The largest absolute Gasteiger partial charge is 0.493 e. The summed E-state index contributed by atoms with van der Waals surface area (Å²) in [4.78, 5) is 24.4. The third kappa shape index (κ3) is 5.68. The molecule has 0 aliphatic heterocycles. The van der Waals surface area contributed by atoms with E-state index in [1.807, 2.05) is 6.07 Å². The normalized spacial score (nSPS) is 10.6. The molecule has 0 heterocycles. The van der Waals surface area contributed by atoms with Crippen molar-refractivity contribution < 1.29 is 19.1 Å². The Balaban J connectivity index is 1.67. The van der Waals surface area contributed by atoms with Gasteiger partial charge in [0.05, 0.1) is 18.9 Å². The number of hydrazone groups is 1. The van der Waals surface area contributed by atoms with Crippen LogP contribution in [0.4, 0.5) is 0 Å². The van der Waals surface area contributed by atoms with Gasteiger partial charge in [-0.15, -0.1) is 0 Å². The molecule has 1 N–H and O–H groups in total. The number of benzene rings is 3. The van der Waals surface area contributed by atoms with Gasteiger partial charge < -0.3 is 9.47 Å². The van der Waals surface area contributed by atoms with Crippen molar-refractivity contribution in [1.29, 1.82) is 0 Å². The lowest BCUT2D eigenvalue weighted by Gasteiger charge is -2.10. The van der Waals surface area contributed by atoms with Gasteiger partial charge in [0.1, 0.15) is 0 Å². The van der Waals surface area contributed by atoms with Gasteiger partial charge in [-0.1, -0.05) is 33.6 Å². The van der Waals surface area contributed by atoms with Gasteiger partial charge in [-0.3, -0.25) is 4.79 Å². The molecule has 0 saturated carbocycles. The van der Waals surface area contributed by atoms with E-state index in [9.17, 15) is 9.59 Å². The van der Waals surface area contributed by atoms with Crippen LogP contribution in [0.3, 0.4) is 0 Å². The van der Waals surface area contributed by atoms with Crippen molar-refractivity contribution in [3.05, 3.63) is 92.9 Å². The molecular formula is C22H16BrClN2O4. The average Bonchev–Trinajstić information content (AvgIpc) is 2.75. The molecule has 3 aromatic carbocycles. The van der Waals surface area contributed by atoms with E-state index in [1.54, 1.807) is 60.7 Å². The predicted octanol–water partition coefficient (Wildman–Crippen LogP) is 5.09. The molecule has 1 amide bonds. The molecule has 0 atom stereocenters. The van der Waals surface area contributed by atoms with Gasteiger partial charge in [0.25, 0.3) is 5.91 Å². The van der Waals surface area contributed by atoms with E-state index < -0.39 is 5.97 Å². The van der Waals surface area contributed by atoms with Crippen molar-refractivity contribution in [3.8, 4) is 11.5 Å². The molecule has 0 fully saturated rings. The van der Waals surface area contributed by atoms with Crippen molar-refractivity contribution in [2.45, 2.75) is 0 Å². The zero-order valence-corrected chi connectivity index (χ0v) is 18.1. The Labute approximate surface area is 186 Å². The summed E-state index contributed by atoms with van der Waals surface area (Å²) < 4.78 is 11.5. The highest BCUT2D eigenvalue weighted by Gasteiger charge is 2.13. The lowest BCUT2D eigenvalue weighted by Crippen LogP contribution is -2.17. The summed E-state index contributed by atoms with van der Waals surface area (Å²) >= 11 is 9.15. The Kier molecular flexibility index (Phi) is 7.21. The molecule has 8 heteroatoms. The number of nitrogens with one attached hydrogen (secondary N) is 1. The van der Waals surface area contributed by atoms with Crippen LogP contribution in [0, 0.1) is 0 Å². The number of hydrogen-bond acceptors (Lipinski definition) is 5. The molecule has 0 aromatic heterocycles. The number of ether oxygens (including phenoxy) is 2. The van der Waals surface area contributed by atoms with E-state index in [4.69, 9.17) is 21.1 Å². The number of nitrogens with zero attached hydrogens (tertiary/aromatic N) is 1. The number of esters is 1. The second kappa shape index (κ2) is 10.0. The zero-order valence-electron chi connectivity index (χ0n) is 15.8. The minimum atomic E-state index is -0.535. The summed E-state index contributed by atoms with van der Waals surface area (Å²) in [6.45, 7) is 0. The van der Waals surface area contributed by atoms with E-state index in [-0.39, 0.29) is 11.7 Å². The third-order valence-electron chi connectivity index (χ3n) is 3.94. The number of methoxy groups -OCH3 is 1. The number of halogens is 2. The van der Waals surface area contributed by atoms with E-state index >= 15 is 0 Å². The highest BCUT2D eigenvalue weighted by molar-refractivity contribution is 9.10. The molecule has 0 aliphatic rings. The molecule has 3 aromatic rings.